The second-order valence-corrected chi connectivity index (χ2v) is 7.54. The molecule has 0 radical (unpaired) electrons. The molecule has 2 aromatic carbocycles. The zero-order chi connectivity index (χ0) is 18.4. The molecule has 0 spiro atoms. The highest BCUT2D eigenvalue weighted by Crippen LogP contribution is 2.16. The van der Waals surface area contributed by atoms with Crippen LogP contribution < -0.4 is 9.46 Å². The zero-order valence-corrected chi connectivity index (χ0v) is 15.3. The molecule has 0 aliphatic carbocycles. The van der Waals surface area contributed by atoms with Gasteiger partial charge in [-0.3, -0.25) is 9.52 Å². The predicted octanol–water partition coefficient (Wildman–Crippen LogP) is 2.52. The van der Waals surface area contributed by atoms with Crippen molar-refractivity contribution in [3.8, 4) is 5.75 Å². The van der Waals surface area contributed by atoms with Crippen molar-refractivity contribution in [1.82, 2.24) is 4.90 Å². The van der Waals surface area contributed by atoms with Gasteiger partial charge in [-0.1, -0.05) is 24.3 Å². The van der Waals surface area contributed by atoms with Gasteiger partial charge in [0.2, 0.25) is 10.0 Å². The number of anilines is 1. The molecule has 0 aromatic heterocycles. The molecule has 0 atom stereocenters. The molecule has 1 N–H and O–H groups in total. The molecule has 7 heteroatoms. The monoisotopic (exact) mass is 362 g/mol. The topological polar surface area (TPSA) is 75.7 Å². The van der Waals surface area contributed by atoms with E-state index in [1.165, 1.54) is 11.0 Å². The minimum Gasteiger partial charge on any atom is -0.491 e. The van der Waals surface area contributed by atoms with Crippen molar-refractivity contribution in [2.75, 3.05) is 31.2 Å². The number of aryl methyl sites for hydroxylation is 1. The lowest BCUT2D eigenvalue weighted by atomic mass is 10.2. The highest BCUT2D eigenvalue weighted by Gasteiger charge is 2.13. The molecule has 2 rings (SSSR count). The number of carbonyl (C=O) groups excluding carboxylic acids is 1. The normalized spacial score (nSPS) is 11.0. The predicted molar refractivity (Wildman–Crippen MR) is 98.5 cm³/mol. The van der Waals surface area contributed by atoms with Gasteiger partial charge in [-0.25, -0.2) is 8.42 Å². The number of likely N-dealkylation sites (N-methyl/N-ethyl adjacent to an activating group) is 1. The molecule has 0 unspecified atom stereocenters. The molecule has 0 aliphatic heterocycles. The lowest BCUT2D eigenvalue weighted by Crippen LogP contribution is -2.31. The van der Waals surface area contributed by atoms with Gasteiger partial charge < -0.3 is 9.64 Å². The van der Waals surface area contributed by atoms with Gasteiger partial charge in [0.05, 0.1) is 12.8 Å². The van der Waals surface area contributed by atoms with Crippen molar-refractivity contribution < 1.29 is 17.9 Å². The second-order valence-electron chi connectivity index (χ2n) is 5.80. The maximum Gasteiger partial charge on any atom is 0.253 e. The Bertz CT molecular complexity index is 850. The fourth-order valence-electron chi connectivity index (χ4n) is 2.26. The van der Waals surface area contributed by atoms with E-state index >= 15 is 0 Å². The van der Waals surface area contributed by atoms with Crippen LogP contribution in [0.4, 0.5) is 5.69 Å². The molecular weight excluding hydrogens is 340 g/mol. The van der Waals surface area contributed by atoms with Crippen LogP contribution >= 0.6 is 0 Å². The van der Waals surface area contributed by atoms with Crippen molar-refractivity contribution in [2.24, 2.45) is 0 Å². The van der Waals surface area contributed by atoms with E-state index in [9.17, 15) is 13.2 Å². The Hall–Kier alpha value is -2.54. The van der Waals surface area contributed by atoms with Crippen LogP contribution in [0.25, 0.3) is 0 Å². The van der Waals surface area contributed by atoms with Crippen LogP contribution in [0, 0.1) is 6.92 Å². The molecular formula is C18H22N2O4S. The van der Waals surface area contributed by atoms with Crippen LogP contribution in [0.3, 0.4) is 0 Å². The standard InChI is InChI=1S/C18H22N2O4S/c1-14-7-4-5-10-17(14)24-12-11-20(2)18(21)15-8-6-9-16(13-15)19-25(3,22)23/h4-10,13,19H,11-12H2,1-3H3. The van der Waals surface area contributed by atoms with E-state index in [4.69, 9.17) is 4.74 Å². The first-order valence-electron chi connectivity index (χ1n) is 7.78. The van der Waals surface area contributed by atoms with Gasteiger partial charge in [-0.15, -0.1) is 0 Å². The number of sulfonamides is 1. The number of ether oxygens (including phenoxy) is 1. The van der Waals surface area contributed by atoms with Crippen molar-refractivity contribution in [3.63, 3.8) is 0 Å². The molecule has 6 nitrogen and oxygen atoms in total. The van der Waals surface area contributed by atoms with Gasteiger partial charge in [0.1, 0.15) is 12.4 Å². The number of amides is 1. The van der Waals surface area contributed by atoms with Gasteiger partial charge in [0, 0.05) is 18.3 Å². The number of carbonyl (C=O) groups is 1. The number of nitrogens with one attached hydrogen (secondary N) is 1. The highest BCUT2D eigenvalue weighted by atomic mass is 32.2. The summed E-state index contributed by atoms with van der Waals surface area (Å²) in [4.78, 5) is 14.0. The summed E-state index contributed by atoms with van der Waals surface area (Å²) in [6.07, 6.45) is 1.07. The number of nitrogens with zero attached hydrogens (tertiary/aromatic N) is 1. The third-order valence-electron chi connectivity index (χ3n) is 3.54. The van der Waals surface area contributed by atoms with E-state index in [1.54, 1.807) is 25.2 Å². The van der Waals surface area contributed by atoms with Crippen LogP contribution in [0.1, 0.15) is 15.9 Å². The van der Waals surface area contributed by atoms with E-state index in [0.29, 0.717) is 24.4 Å². The van der Waals surface area contributed by atoms with E-state index in [2.05, 4.69) is 4.72 Å². The number of hydrogen-bond acceptors (Lipinski definition) is 4. The third-order valence-corrected chi connectivity index (χ3v) is 4.14. The summed E-state index contributed by atoms with van der Waals surface area (Å²) in [5, 5.41) is 0. The smallest absolute Gasteiger partial charge is 0.253 e. The van der Waals surface area contributed by atoms with Gasteiger partial charge in [-0.2, -0.15) is 0 Å². The lowest BCUT2D eigenvalue weighted by molar-refractivity contribution is 0.0773. The largest absolute Gasteiger partial charge is 0.491 e. The molecule has 0 fully saturated rings. The first-order valence-corrected chi connectivity index (χ1v) is 9.67. The summed E-state index contributed by atoms with van der Waals surface area (Å²) < 4.78 is 30.7. The molecule has 134 valence electrons. The molecule has 0 saturated carbocycles. The van der Waals surface area contributed by atoms with Gasteiger partial charge >= 0.3 is 0 Å². The first kappa shape index (κ1) is 18.8. The number of benzene rings is 2. The summed E-state index contributed by atoms with van der Waals surface area (Å²) in [5.41, 5.74) is 1.81. The van der Waals surface area contributed by atoms with Crippen molar-refractivity contribution in [3.05, 3.63) is 59.7 Å². The Balaban J connectivity index is 1.95. The van der Waals surface area contributed by atoms with Crippen LogP contribution in [0.2, 0.25) is 0 Å². The SMILES string of the molecule is Cc1ccccc1OCCN(C)C(=O)c1cccc(NS(C)(=O)=O)c1. The molecule has 0 aliphatic rings. The summed E-state index contributed by atoms with van der Waals surface area (Å²) in [7, 11) is -1.70. The average molecular weight is 362 g/mol. The summed E-state index contributed by atoms with van der Waals surface area (Å²) in [6, 6.07) is 14.1. The minimum absolute atomic E-state index is 0.203. The fraction of sp³-hybridized carbons (Fsp3) is 0.278. The maximum atomic E-state index is 12.5. The maximum absolute atomic E-state index is 12.5. The van der Waals surface area contributed by atoms with E-state index in [-0.39, 0.29) is 5.91 Å². The highest BCUT2D eigenvalue weighted by molar-refractivity contribution is 7.92. The second kappa shape index (κ2) is 8.02. The van der Waals surface area contributed by atoms with Crippen LogP contribution in [0.15, 0.2) is 48.5 Å². The van der Waals surface area contributed by atoms with Crippen LogP contribution in [-0.4, -0.2) is 45.7 Å². The fourth-order valence-corrected chi connectivity index (χ4v) is 2.82. The summed E-state index contributed by atoms with van der Waals surface area (Å²) in [6.45, 7) is 2.75. The Morgan fingerprint density at radius 1 is 1.16 bits per heavy atom. The van der Waals surface area contributed by atoms with Crippen molar-refractivity contribution in [2.45, 2.75) is 6.92 Å². The Labute approximate surface area is 148 Å². The molecule has 0 heterocycles. The van der Waals surface area contributed by atoms with Crippen molar-refractivity contribution >= 4 is 21.6 Å². The molecule has 2 aromatic rings. The van der Waals surface area contributed by atoms with E-state index in [0.717, 1.165) is 17.6 Å². The Morgan fingerprint density at radius 3 is 2.56 bits per heavy atom. The number of para-hydroxylation sites is 1. The van der Waals surface area contributed by atoms with E-state index < -0.39 is 10.0 Å². The van der Waals surface area contributed by atoms with E-state index in [1.807, 2.05) is 31.2 Å². The number of rotatable bonds is 7. The molecule has 1 amide bonds. The van der Waals surface area contributed by atoms with Crippen LogP contribution in [-0.2, 0) is 10.0 Å². The third kappa shape index (κ3) is 5.79. The Kier molecular flexibility index (Phi) is 6.03. The minimum atomic E-state index is -3.38. The van der Waals surface area contributed by atoms with Gasteiger partial charge in [0.25, 0.3) is 5.91 Å². The molecule has 0 saturated heterocycles. The summed E-state index contributed by atoms with van der Waals surface area (Å²) >= 11 is 0. The number of hydrogen-bond donors (Lipinski definition) is 1. The summed E-state index contributed by atoms with van der Waals surface area (Å²) in [5.74, 6) is 0.591. The quantitative estimate of drug-likeness (QED) is 0.821. The first-order chi connectivity index (χ1) is 11.8. The molecule has 25 heavy (non-hydrogen) atoms. The van der Waals surface area contributed by atoms with Gasteiger partial charge in [0.15, 0.2) is 0 Å². The van der Waals surface area contributed by atoms with Crippen LogP contribution in [0.5, 0.6) is 5.75 Å². The average Bonchev–Trinajstić information content (AvgIpc) is 2.54. The lowest BCUT2D eigenvalue weighted by Gasteiger charge is -2.18. The molecule has 0 bridgehead atoms. The zero-order valence-electron chi connectivity index (χ0n) is 14.5. The van der Waals surface area contributed by atoms with Gasteiger partial charge in [-0.05, 0) is 36.8 Å². The Morgan fingerprint density at radius 2 is 1.88 bits per heavy atom. The van der Waals surface area contributed by atoms with Crippen molar-refractivity contribution in [1.29, 1.82) is 0 Å².